The van der Waals surface area contributed by atoms with Crippen molar-refractivity contribution in [2.24, 2.45) is 11.0 Å². The van der Waals surface area contributed by atoms with E-state index in [0.717, 1.165) is 0 Å². The fraction of sp³-hybridized carbons (Fsp3) is 0.529. The van der Waals surface area contributed by atoms with Gasteiger partial charge in [0.25, 0.3) is 0 Å². The molecule has 0 bridgehead atoms. The SMILES string of the molecule is CC(C)C(=O)NC1=NN(C)c2ncnc3c2c1cn3C1O[C@H](CO)[C@@H](O)[C@H]1O. The van der Waals surface area contributed by atoms with Gasteiger partial charge in [-0.05, 0) is 0 Å². The average molecular weight is 390 g/mol. The fourth-order valence-electron chi connectivity index (χ4n) is 3.40. The van der Waals surface area contributed by atoms with Gasteiger partial charge in [-0.2, -0.15) is 5.10 Å². The van der Waals surface area contributed by atoms with Crippen LogP contribution in [0.2, 0.25) is 0 Å². The Morgan fingerprint density at radius 1 is 1.32 bits per heavy atom. The second kappa shape index (κ2) is 6.78. The molecule has 0 aliphatic carbocycles. The van der Waals surface area contributed by atoms with Crippen LogP contribution in [-0.4, -0.2) is 73.6 Å². The number of hydrazone groups is 1. The van der Waals surface area contributed by atoms with Gasteiger partial charge in [0.2, 0.25) is 5.91 Å². The summed E-state index contributed by atoms with van der Waals surface area (Å²) in [5.74, 6) is 0.438. The lowest BCUT2D eigenvalue weighted by Crippen LogP contribution is -2.37. The van der Waals surface area contributed by atoms with E-state index in [1.807, 2.05) is 0 Å². The summed E-state index contributed by atoms with van der Waals surface area (Å²) in [5.41, 5.74) is 1.03. The maximum Gasteiger partial charge on any atom is 0.228 e. The van der Waals surface area contributed by atoms with Crippen molar-refractivity contribution in [3.05, 3.63) is 18.1 Å². The van der Waals surface area contributed by atoms with Crippen LogP contribution in [0.5, 0.6) is 0 Å². The molecule has 11 heteroatoms. The number of ether oxygens (including phenoxy) is 1. The first-order valence-electron chi connectivity index (χ1n) is 8.95. The molecule has 4 rings (SSSR count). The van der Waals surface area contributed by atoms with Gasteiger partial charge in [0.05, 0.1) is 17.6 Å². The van der Waals surface area contributed by atoms with Crippen LogP contribution in [0.1, 0.15) is 25.6 Å². The smallest absolute Gasteiger partial charge is 0.228 e. The summed E-state index contributed by atoms with van der Waals surface area (Å²) < 4.78 is 7.21. The lowest BCUT2D eigenvalue weighted by Gasteiger charge is -2.21. The highest BCUT2D eigenvalue weighted by Crippen LogP contribution is 2.37. The predicted molar refractivity (Wildman–Crippen MR) is 98.5 cm³/mol. The van der Waals surface area contributed by atoms with Gasteiger partial charge in [0.15, 0.2) is 17.9 Å². The van der Waals surface area contributed by atoms with Crippen LogP contribution in [0.3, 0.4) is 0 Å². The molecule has 1 unspecified atom stereocenters. The average Bonchev–Trinajstić information content (AvgIpc) is 3.18. The quantitative estimate of drug-likeness (QED) is 0.518. The summed E-state index contributed by atoms with van der Waals surface area (Å²) >= 11 is 0. The third-order valence-electron chi connectivity index (χ3n) is 4.96. The summed E-state index contributed by atoms with van der Waals surface area (Å²) in [5, 5.41) is 39.2. The summed E-state index contributed by atoms with van der Waals surface area (Å²) in [6.45, 7) is 3.12. The zero-order chi connectivity index (χ0) is 20.2. The maximum absolute atomic E-state index is 12.2. The number of carbonyl (C=O) groups excluding carboxylic acids is 1. The minimum absolute atomic E-state index is 0.193. The van der Waals surface area contributed by atoms with Crippen LogP contribution in [-0.2, 0) is 9.53 Å². The summed E-state index contributed by atoms with van der Waals surface area (Å²) in [7, 11) is 1.70. The molecule has 150 valence electrons. The Kier molecular flexibility index (Phi) is 4.54. The first kappa shape index (κ1) is 18.7. The molecule has 11 nitrogen and oxygen atoms in total. The molecule has 4 N–H and O–H groups in total. The number of nitrogens with zero attached hydrogens (tertiary/aromatic N) is 5. The van der Waals surface area contributed by atoms with Crippen molar-refractivity contribution in [3.8, 4) is 0 Å². The number of hydrogen-bond acceptors (Lipinski definition) is 9. The number of aliphatic hydroxyl groups excluding tert-OH is 3. The Hall–Kier alpha value is -2.60. The molecular weight excluding hydrogens is 368 g/mol. The molecule has 4 heterocycles. The van der Waals surface area contributed by atoms with E-state index in [-0.39, 0.29) is 11.8 Å². The van der Waals surface area contributed by atoms with Crippen molar-refractivity contribution in [1.82, 2.24) is 19.9 Å². The van der Waals surface area contributed by atoms with Crippen molar-refractivity contribution in [1.29, 1.82) is 0 Å². The monoisotopic (exact) mass is 390 g/mol. The van der Waals surface area contributed by atoms with E-state index >= 15 is 0 Å². The number of amidine groups is 1. The Balaban J connectivity index is 1.83. The number of rotatable bonds is 3. The zero-order valence-corrected chi connectivity index (χ0v) is 15.6. The van der Waals surface area contributed by atoms with E-state index in [2.05, 4.69) is 20.4 Å². The van der Waals surface area contributed by atoms with Crippen molar-refractivity contribution < 1.29 is 24.9 Å². The topological polar surface area (TPSA) is 145 Å². The molecular formula is C17H22N6O5. The number of nitrogens with one attached hydrogen (secondary N) is 1. The van der Waals surface area contributed by atoms with Crippen LogP contribution < -0.4 is 10.3 Å². The molecule has 28 heavy (non-hydrogen) atoms. The molecule has 1 saturated heterocycles. The standard InChI is InChI=1S/C17H22N6O5/c1-7(2)16(27)20-13-8-4-23(17-12(26)11(25)9(5-24)28-17)15-10(8)14(18-6-19-15)22(3)21-13/h4,6-7,9,11-12,17,24-26H,5H2,1-3H3,(H,20,21,27)/t9-,11-,12-,17?/m1/s1. The molecule has 0 spiro atoms. The lowest BCUT2D eigenvalue weighted by molar-refractivity contribution is -0.122. The van der Waals surface area contributed by atoms with Crippen molar-refractivity contribution in [2.45, 2.75) is 38.4 Å². The molecule has 0 radical (unpaired) electrons. The van der Waals surface area contributed by atoms with Crippen LogP contribution in [0.4, 0.5) is 5.82 Å². The van der Waals surface area contributed by atoms with Gasteiger partial charge in [0, 0.05) is 19.2 Å². The minimum atomic E-state index is -1.26. The van der Waals surface area contributed by atoms with Gasteiger partial charge in [0.1, 0.15) is 30.3 Å². The van der Waals surface area contributed by atoms with E-state index < -0.39 is 31.1 Å². The molecule has 2 aliphatic rings. The Morgan fingerprint density at radius 3 is 2.71 bits per heavy atom. The van der Waals surface area contributed by atoms with Gasteiger partial charge in [-0.25, -0.2) is 15.0 Å². The summed E-state index contributed by atoms with van der Waals surface area (Å²) in [6, 6.07) is 0. The molecule has 0 saturated carbocycles. The molecule has 4 atom stereocenters. The molecule has 1 fully saturated rings. The Bertz CT molecular complexity index is 957. The first-order valence-corrected chi connectivity index (χ1v) is 8.95. The van der Waals surface area contributed by atoms with E-state index in [1.165, 1.54) is 11.3 Å². The number of hydrogen-bond donors (Lipinski definition) is 4. The van der Waals surface area contributed by atoms with E-state index in [4.69, 9.17) is 4.74 Å². The Labute approximate surface area is 160 Å². The number of anilines is 1. The largest absolute Gasteiger partial charge is 0.394 e. The molecule has 2 aliphatic heterocycles. The van der Waals surface area contributed by atoms with E-state index in [1.54, 1.807) is 31.7 Å². The van der Waals surface area contributed by atoms with Crippen molar-refractivity contribution in [2.75, 3.05) is 18.7 Å². The first-order chi connectivity index (χ1) is 13.3. The molecule has 2 aromatic rings. The van der Waals surface area contributed by atoms with Crippen LogP contribution in [0.25, 0.3) is 11.0 Å². The lowest BCUT2D eigenvalue weighted by atomic mass is 10.1. The summed E-state index contributed by atoms with van der Waals surface area (Å²) in [6.07, 6.45) is -1.36. The maximum atomic E-state index is 12.2. The Morgan fingerprint density at radius 2 is 2.07 bits per heavy atom. The highest BCUT2D eigenvalue weighted by Gasteiger charge is 2.44. The normalized spacial score (nSPS) is 26.8. The van der Waals surface area contributed by atoms with Gasteiger partial charge in [-0.1, -0.05) is 13.8 Å². The van der Waals surface area contributed by atoms with Gasteiger partial charge >= 0.3 is 0 Å². The second-order valence-electron chi connectivity index (χ2n) is 7.19. The zero-order valence-electron chi connectivity index (χ0n) is 15.6. The fourth-order valence-corrected chi connectivity index (χ4v) is 3.40. The van der Waals surface area contributed by atoms with Crippen molar-refractivity contribution in [3.63, 3.8) is 0 Å². The number of amides is 1. The van der Waals surface area contributed by atoms with Gasteiger partial charge < -0.3 is 29.9 Å². The van der Waals surface area contributed by atoms with Crippen LogP contribution >= 0.6 is 0 Å². The number of aliphatic hydroxyl groups is 3. The summed E-state index contributed by atoms with van der Waals surface area (Å²) in [4.78, 5) is 20.8. The van der Waals surface area contributed by atoms with Crippen molar-refractivity contribution >= 4 is 28.6 Å². The second-order valence-corrected chi connectivity index (χ2v) is 7.19. The third kappa shape index (κ3) is 2.75. The van der Waals surface area contributed by atoms with E-state index in [0.29, 0.717) is 28.3 Å². The highest BCUT2D eigenvalue weighted by molar-refractivity contribution is 6.18. The van der Waals surface area contributed by atoms with E-state index in [9.17, 15) is 20.1 Å². The predicted octanol–water partition coefficient (Wildman–Crippen LogP) is -1.07. The molecule has 1 amide bonds. The minimum Gasteiger partial charge on any atom is -0.394 e. The highest BCUT2D eigenvalue weighted by atomic mass is 16.6. The van der Waals surface area contributed by atoms with Gasteiger partial charge in [-0.3, -0.25) is 4.79 Å². The molecule has 2 aromatic heterocycles. The van der Waals surface area contributed by atoms with Crippen LogP contribution in [0.15, 0.2) is 17.6 Å². The van der Waals surface area contributed by atoms with Gasteiger partial charge in [-0.15, -0.1) is 0 Å². The van der Waals surface area contributed by atoms with Crippen LogP contribution in [0, 0.1) is 5.92 Å². The number of aromatic nitrogens is 3. The molecule has 0 aromatic carbocycles. The number of carbonyl (C=O) groups is 1. The third-order valence-corrected chi connectivity index (χ3v) is 4.96.